The molecule has 8 nitrogen and oxygen atoms in total. The molecule has 1 atom stereocenters. The van der Waals surface area contributed by atoms with Gasteiger partial charge in [0.25, 0.3) is 5.91 Å². The summed E-state index contributed by atoms with van der Waals surface area (Å²) in [6.07, 6.45) is 5.07. The van der Waals surface area contributed by atoms with Crippen LogP contribution in [0.2, 0.25) is 0 Å². The molecule has 2 heterocycles. The van der Waals surface area contributed by atoms with Gasteiger partial charge in [0.2, 0.25) is 10.0 Å². The summed E-state index contributed by atoms with van der Waals surface area (Å²) < 4.78 is 29.4. The summed E-state index contributed by atoms with van der Waals surface area (Å²) in [6.45, 7) is 2.62. The van der Waals surface area contributed by atoms with Gasteiger partial charge in [0.15, 0.2) is 0 Å². The molecule has 1 saturated heterocycles. The van der Waals surface area contributed by atoms with E-state index in [1.54, 1.807) is 23.0 Å². The zero-order valence-corrected chi connectivity index (χ0v) is 15.2. The van der Waals surface area contributed by atoms with E-state index in [2.05, 4.69) is 20.5 Å². The van der Waals surface area contributed by atoms with E-state index in [4.69, 9.17) is 0 Å². The lowest BCUT2D eigenvalue weighted by atomic mass is 10.2. The Labute approximate surface area is 153 Å². The fourth-order valence-electron chi connectivity index (χ4n) is 2.82. The van der Waals surface area contributed by atoms with Crippen molar-refractivity contribution in [3.8, 4) is 0 Å². The van der Waals surface area contributed by atoms with Gasteiger partial charge in [-0.25, -0.2) is 13.1 Å². The number of rotatable bonds is 8. The molecule has 1 aromatic carbocycles. The summed E-state index contributed by atoms with van der Waals surface area (Å²) in [5.74, 6) is -0.287. The Hall–Kier alpha value is -2.23. The van der Waals surface area contributed by atoms with Gasteiger partial charge in [-0.15, -0.1) is 0 Å². The van der Waals surface area contributed by atoms with Crippen molar-refractivity contribution in [2.24, 2.45) is 0 Å². The molecular formula is C17H23N5O3S. The molecule has 26 heavy (non-hydrogen) atoms. The van der Waals surface area contributed by atoms with Crippen molar-refractivity contribution in [2.75, 3.05) is 19.6 Å². The van der Waals surface area contributed by atoms with Gasteiger partial charge in [-0.05, 0) is 43.7 Å². The quantitative estimate of drug-likeness (QED) is 0.576. The molecule has 1 aromatic heterocycles. The Morgan fingerprint density at radius 3 is 2.96 bits per heavy atom. The van der Waals surface area contributed by atoms with Gasteiger partial charge in [0.05, 0.1) is 4.90 Å². The van der Waals surface area contributed by atoms with Crippen LogP contribution in [0, 0.1) is 0 Å². The minimum atomic E-state index is -3.64. The minimum Gasteiger partial charge on any atom is -0.352 e. The fourth-order valence-corrected chi connectivity index (χ4v) is 4.14. The number of amides is 1. The number of sulfonamides is 1. The predicted octanol–water partition coefficient (Wildman–Crippen LogP) is 0.343. The molecule has 1 fully saturated rings. The van der Waals surface area contributed by atoms with E-state index in [1.165, 1.54) is 12.1 Å². The SMILES string of the molecule is O=C(NCCCn1cccn1)c1cccc(S(=O)(=O)N[C@@H]2CCNC2)c1. The molecule has 1 aliphatic heterocycles. The molecule has 0 bridgehead atoms. The van der Waals surface area contributed by atoms with Gasteiger partial charge >= 0.3 is 0 Å². The molecule has 2 aromatic rings. The first-order chi connectivity index (χ1) is 12.5. The highest BCUT2D eigenvalue weighted by molar-refractivity contribution is 7.89. The van der Waals surface area contributed by atoms with Crippen LogP contribution in [0.3, 0.4) is 0 Å². The van der Waals surface area contributed by atoms with E-state index in [-0.39, 0.29) is 16.8 Å². The smallest absolute Gasteiger partial charge is 0.251 e. The lowest BCUT2D eigenvalue weighted by Crippen LogP contribution is -2.36. The standard InChI is InChI=1S/C17H23N5O3S/c23-17(19-7-2-10-22-11-3-8-20-22)14-4-1-5-16(12-14)26(24,25)21-15-6-9-18-13-15/h1,3-5,8,11-12,15,18,21H,2,6-7,9-10,13H2,(H,19,23)/t15-/m1/s1. The summed E-state index contributed by atoms with van der Waals surface area (Å²) in [5, 5.41) is 10.0. The topological polar surface area (TPSA) is 105 Å². The normalized spacial score (nSPS) is 17.3. The molecular weight excluding hydrogens is 354 g/mol. The number of benzene rings is 1. The third-order valence-corrected chi connectivity index (χ3v) is 5.72. The summed E-state index contributed by atoms with van der Waals surface area (Å²) in [7, 11) is -3.64. The summed E-state index contributed by atoms with van der Waals surface area (Å²) in [5.41, 5.74) is 0.330. The maximum absolute atomic E-state index is 12.5. The van der Waals surface area contributed by atoms with Crippen LogP contribution in [0.5, 0.6) is 0 Å². The number of nitrogens with one attached hydrogen (secondary N) is 3. The van der Waals surface area contributed by atoms with Gasteiger partial charge in [-0.2, -0.15) is 5.10 Å². The lowest BCUT2D eigenvalue weighted by molar-refractivity contribution is 0.0952. The largest absolute Gasteiger partial charge is 0.352 e. The van der Waals surface area contributed by atoms with E-state index in [9.17, 15) is 13.2 Å². The van der Waals surface area contributed by atoms with Gasteiger partial charge in [0.1, 0.15) is 0 Å². The van der Waals surface area contributed by atoms with E-state index in [1.807, 2.05) is 12.3 Å². The maximum atomic E-state index is 12.5. The zero-order chi connectivity index (χ0) is 18.4. The van der Waals surface area contributed by atoms with Crippen LogP contribution < -0.4 is 15.4 Å². The van der Waals surface area contributed by atoms with Crippen molar-refractivity contribution in [1.82, 2.24) is 25.1 Å². The Balaban J connectivity index is 1.56. The second-order valence-corrected chi connectivity index (χ2v) is 7.93. The molecule has 3 rings (SSSR count). The molecule has 9 heteroatoms. The summed E-state index contributed by atoms with van der Waals surface area (Å²) in [4.78, 5) is 12.4. The number of hydrogen-bond acceptors (Lipinski definition) is 5. The van der Waals surface area contributed by atoms with Crippen LogP contribution >= 0.6 is 0 Å². The average molecular weight is 377 g/mol. The number of carbonyl (C=O) groups is 1. The first-order valence-electron chi connectivity index (χ1n) is 8.63. The Bertz CT molecular complexity index is 830. The molecule has 0 spiro atoms. The first-order valence-corrected chi connectivity index (χ1v) is 10.1. The monoisotopic (exact) mass is 377 g/mol. The van der Waals surface area contributed by atoms with Crippen LogP contribution in [0.1, 0.15) is 23.2 Å². The molecule has 0 unspecified atom stereocenters. The maximum Gasteiger partial charge on any atom is 0.251 e. The molecule has 0 saturated carbocycles. The third kappa shape index (κ3) is 4.90. The van der Waals surface area contributed by atoms with E-state index < -0.39 is 10.0 Å². The predicted molar refractivity (Wildman–Crippen MR) is 97.2 cm³/mol. The summed E-state index contributed by atoms with van der Waals surface area (Å²) >= 11 is 0. The van der Waals surface area contributed by atoms with Crippen molar-refractivity contribution in [2.45, 2.75) is 30.3 Å². The van der Waals surface area contributed by atoms with Crippen molar-refractivity contribution >= 4 is 15.9 Å². The van der Waals surface area contributed by atoms with Gasteiger partial charge in [0, 0.05) is 43.6 Å². The van der Waals surface area contributed by atoms with Crippen LogP contribution in [-0.2, 0) is 16.6 Å². The second-order valence-electron chi connectivity index (χ2n) is 6.22. The molecule has 140 valence electrons. The number of aryl methyl sites for hydroxylation is 1. The Morgan fingerprint density at radius 2 is 2.23 bits per heavy atom. The van der Waals surface area contributed by atoms with E-state index in [0.29, 0.717) is 25.2 Å². The van der Waals surface area contributed by atoms with Gasteiger partial charge < -0.3 is 10.6 Å². The third-order valence-electron chi connectivity index (χ3n) is 4.20. The van der Waals surface area contributed by atoms with Gasteiger partial charge in [-0.3, -0.25) is 9.48 Å². The van der Waals surface area contributed by atoms with Crippen LogP contribution in [0.25, 0.3) is 0 Å². The summed E-state index contributed by atoms with van der Waals surface area (Å²) in [6, 6.07) is 7.84. The van der Waals surface area contributed by atoms with Crippen molar-refractivity contribution in [1.29, 1.82) is 0 Å². The van der Waals surface area contributed by atoms with Crippen LogP contribution in [-0.4, -0.2) is 49.8 Å². The molecule has 0 aliphatic carbocycles. The van der Waals surface area contributed by atoms with Crippen LogP contribution in [0.15, 0.2) is 47.6 Å². The number of hydrogen-bond donors (Lipinski definition) is 3. The molecule has 1 aliphatic rings. The highest BCUT2D eigenvalue weighted by atomic mass is 32.2. The Morgan fingerprint density at radius 1 is 1.35 bits per heavy atom. The highest BCUT2D eigenvalue weighted by Crippen LogP contribution is 2.13. The zero-order valence-electron chi connectivity index (χ0n) is 14.4. The number of aromatic nitrogens is 2. The van der Waals surface area contributed by atoms with E-state index >= 15 is 0 Å². The van der Waals surface area contributed by atoms with Crippen LogP contribution in [0.4, 0.5) is 0 Å². The number of nitrogens with zero attached hydrogens (tertiary/aromatic N) is 2. The second kappa shape index (κ2) is 8.43. The fraction of sp³-hybridized carbons (Fsp3) is 0.412. The lowest BCUT2D eigenvalue weighted by Gasteiger charge is -2.13. The molecule has 1 amide bonds. The highest BCUT2D eigenvalue weighted by Gasteiger charge is 2.23. The van der Waals surface area contributed by atoms with Gasteiger partial charge in [-0.1, -0.05) is 6.07 Å². The average Bonchev–Trinajstić information content (AvgIpc) is 3.32. The van der Waals surface area contributed by atoms with E-state index in [0.717, 1.165) is 19.4 Å². The molecule has 3 N–H and O–H groups in total. The Kier molecular flexibility index (Phi) is 6.02. The van der Waals surface area contributed by atoms with Crippen molar-refractivity contribution < 1.29 is 13.2 Å². The van der Waals surface area contributed by atoms with Crippen molar-refractivity contribution in [3.05, 3.63) is 48.3 Å². The first kappa shape index (κ1) is 18.6. The number of carbonyl (C=O) groups excluding carboxylic acids is 1. The molecule has 0 radical (unpaired) electrons. The minimum absolute atomic E-state index is 0.105. The van der Waals surface area contributed by atoms with Crippen molar-refractivity contribution in [3.63, 3.8) is 0 Å².